The van der Waals surface area contributed by atoms with Gasteiger partial charge in [0.2, 0.25) is 0 Å². The molecular formula is C13H14N2O. The van der Waals surface area contributed by atoms with E-state index in [1.54, 1.807) is 6.33 Å². The van der Waals surface area contributed by atoms with Crippen LogP contribution in [-0.4, -0.2) is 15.8 Å². The summed E-state index contributed by atoms with van der Waals surface area (Å²) in [5.74, 6) is 0. The van der Waals surface area contributed by atoms with Crippen molar-refractivity contribution in [2.24, 2.45) is 0 Å². The molecule has 0 amide bonds. The number of hydrogen-bond acceptors (Lipinski definition) is 2. The summed E-state index contributed by atoms with van der Waals surface area (Å²) in [6, 6.07) is 5.83. The van der Waals surface area contributed by atoms with Crippen LogP contribution in [0, 0.1) is 20.8 Å². The number of aldehydes is 1. The lowest BCUT2D eigenvalue weighted by molar-refractivity contribution is 0.112. The van der Waals surface area contributed by atoms with E-state index >= 15 is 0 Å². The second kappa shape index (κ2) is 3.93. The molecule has 0 aliphatic rings. The van der Waals surface area contributed by atoms with Crippen LogP contribution >= 0.6 is 0 Å². The molecule has 3 nitrogen and oxygen atoms in total. The number of carbonyl (C=O) groups is 1. The van der Waals surface area contributed by atoms with Gasteiger partial charge in [0.05, 0.1) is 17.7 Å². The highest BCUT2D eigenvalue weighted by Gasteiger charge is 2.08. The summed E-state index contributed by atoms with van der Waals surface area (Å²) in [6.07, 6.45) is 2.64. The fraction of sp³-hybridized carbons (Fsp3) is 0.231. The monoisotopic (exact) mass is 214 g/mol. The summed E-state index contributed by atoms with van der Waals surface area (Å²) in [6.45, 7) is 5.93. The minimum absolute atomic E-state index is 0.695. The third-order valence-corrected chi connectivity index (χ3v) is 2.82. The number of carbonyl (C=O) groups excluding carboxylic acids is 1. The van der Waals surface area contributed by atoms with Crippen molar-refractivity contribution < 1.29 is 4.79 Å². The highest BCUT2D eigenvalue weighted by atomic mass is 16.1. The number of imidazole rings is 1. The lowest BCUT2D eigenvalue weighted by Crippen LogP contribution is -2.00. The maximum absolute atomic E-state index is 11.0. The molecule has 0 N–H and O–H groups in total. The summed E-state index contributed by atoms with van der Waals surface area (Å²) in [5.41, 5.74) is 4.71. The van der Waals surface area contributed by atoms with Gasteiger partial charge < -0.3 is 4.57 Å². The third kappa shape index (κ3) is 1.65. The zero-order valence-corrected chi connectivity index (χ0v) is 9.69. The smallest absolute Gasteiger partial charge is 0.152 e. The van der Waals surface area contributed by atoms with Gasteiger partial charge in [-0.2, -0.15) is 0 Å². The largest absolute Gasteiger partial charge is 0.303 e. The summed E-state index contributed by atoms with van der Waals surface area (Å²) >= 11 is 0. The average molecular weight is 214 g/mol. The predicted molar refractivity (Wildman–Crippen MR) is 63.2 cm³/mol. The van der Waals surface area contributed by atoms with Crippen LogP contribution in [0.2, 0.25) is 0 Å². The molecule has 0 bridgehead atoms. The molecule has 0 aliphatic heterocycles. The first-order valence-electron chi connectivity index (χ1n) is 5.20. The SMILES string of the molecule is Cc1ccc(-n2cnc(C)c2C)c(C=O)c1. The maximum Gasteiger partial charge on any atom is 0.152 e. The molecular weight excluding hydrogens is 200 g/mol. The lowest BCUT2D eigenvalue weighted by Gasteiger charge is -2.09. The van der Waals surface area contributed by atoms with E-state index in [0.29, 0.717) is 5.56 Å². The third-order valence-electron chi connectivity index (χ3n) is 2.82. The van der Waals surface area contributed by atoms with Crippen LogP contribution in [0.1, 0.15) is 27.3 Å². The van der Waals surface area contributed by atoms with Crippen molar-refractivity contribution in [3.8, 4) is 5.69 Å². The van der Waals surface area contributed by atoms with Gasteiger partial charge in [-0.15, -0.1) is 0 Å². The number of aromatic nitrogens is 2. The first-order chi connectivity index (χ1) is 7.63. The number of hydrogen-bond donors (Lipinski definition) is 0. The van der Waals surface area contributed by atoms with Gasteiger partial charge >= 0.3 is 0 Å². The lowest BCUT2D eigenvalue weighted by atomic mass is 10.1. The van der Waals surface area contributed by atoms with Crippen molar-refractivity contribution in [1.29, 1.82) is 0 Å². The molecule has 3 heteroatoms. The fourth-order valence-electron chi connectivity index (χ4n) is 1.73. The molecule has 0 saturated carbocycles. The predicted octanol–water partition coefficient (Wildman–Crippen LogP) is 2.61. The fourth-order valence-corrected chi connectivity index (χ4v) is 1.73. The maximum atomic E-state index is 11.0. The van der Waals surface area contributed by atoms with E-state index in [4.69, 9.17) is 0 Å². The van der Waals surface area contributed by atoms with E-state index in [1.165, 1.54) is 0 Å². The number of aryl methyl sites for hydroxylation is 2. The topological polar surface area (TPSA) is 34.9 Å². The molecule has 0 spiro atoms. The number of nitrogens with zero attached hydrogens (tertiary/aromatic N) is 2. The molecule has 2 aromatic rings. The van der Waals surface area contributed by atoms with Crippen LogP contribution in [0.4, 0.5) is 0 Å². The van der Waals surface area contributed by atoms with E-state index in [-0.39, 0.29) is 0 Å². The van der Waals surface area contributed by atoms with Gasteiger partial charge in [0.1, 0.15) is 0 Å². The Hall–Kier alpha value is -1.90. The summed E-state index contributed by atoms with van der Waals surface area (Å²) in [5, 5.41) is 0. The van der Waals surface area contributed by atoms with Crippen LogP contribution in [0.15, 0.2) is 24.5 Å². The highest BCUT2D eigenvalue weighted by molar-refractivity contribution is 5.81. The van der Waals surface area contributed by atoms with Gasteiger partial charge in [-0.25, -0.2) is 4.98 Å². The highest BCUT2D eigenvalue weighted by Crippen LogP contribution is 2.18. The number of benzene rings is 1. The summed E-state index contributed by atoms with van der Waals surface area (Å²) in [7, 11) is 0. The standard InChI is InChI=1S/C13H14N2O/c1-9-4-5-13(12(6-9)7-16)15-8-14-10(2)11(15)3/h4-8H,1-3H3. The minimum Gasteiger partial charge on any atom is -0.303 e. The second-order valence-corrected chi connectivity index (χ2v) is 3.97. The van der Waals surface area contributed by atoms with Gasteiger partial charge in [0.15, 0.2) is 6.29 Å². The Morgan fingerprint density at radius 3 is 2.56 bits per heavy atom. The van der Waals surface area contributed by atoms with Crippen molar-refractivity contribution in [2.75, 3.05) is 0 Å². The van der Waals surface area contributed by atoms with Crippen molar-refractivity contribution in [1.82, 2.24) is 9.55 Å². The minimum atomic E-state index is 0.695. The normalized spacial score (nSPS) is 10.4. The van der Waals surface area contributed by atoms with Gasteiger partial charge in [0.25, 0.3) is 0 Å². The van der Waals surface area contributed by atoms with Crippen LogP contribution in [-0.2, 0) is 0 Å². The Morgan fingerprint density at radius 1 is 1.25 bits per heavy atom. The second-order valence-electron chi connectivity index (χ2n) is 3.97. The Bertz CT molecular complexity index is 541. The Balaban J connectivity index is 2.64. The molecule has 0 aliphatic carbocycles. The first kappa shape index (κ1) is 10.6. The molecule has 1 aromatic heterocycles. The van der Waals surface area contributed by atoms with Crippen molar-refractivity contribution in [3.63, 3.8) is 0 Å². The van der Waals surface area contributed by atoms with Gasteiger partial charge in [-0.3, -0.25) is 4.79 Å². The zero-order valence-electron chi connectivity index (χ0n) is 9.69. The van der Waals surface area contributed by atoms with E-state index in [2.05, 4.69) is 4.98 Å². The van der Waals surface area contributed by atoms with E-state index < -0.39 is 0 Å². The van der Waals surface area contributed by atoms with E-state index in [1.807, 2.05) is 43.5 Å². The van der Waals surface area contributed by atoms with E-state index in [0.717, 1.165) is 28.9 Å². The molecule has 16 heavy (non-hydrogen) atoms. The van der Waals surface area contributed by atoms with Crippen molar-refractivity contribution >= 4 is 6.29 Å². The molecule has 0 radical (unpaired) electrons. The Morgan fingerprint density at radius 2 is 2.00 bits per heavy atom. The molecule has 0 saturated heterocycles. The van der Waals surface area contributed by atoms with Crippen LogP contribution in [0.25, 0.3) is 5.69 Å². The first-order valence-corrected chi connectivity index (χ1v) is 5.20. The van der Waals surface area contributed by atoms with Gasteiger partial charge in [0, 0.05) is 11.3 Å². The molecule has 1 aromatic carbocycles. The van der Waals surface area contributed by atoms with Crippen LogP contribution < -0.4 is 0 Å². The van der Waals surface area contributed by atoms with Crippen LogP contribution in [0.3, 0.4) is 0 Å². The average Bonchev–Trinajstić information content (AvgIpc) is 2.60. The molecule has 0 fully saturated rings. The summed E-state index contributed by atoms with van der Waals surface area (Å²) in [4.78, 5) is 15.3. The quantitative estimate of drug-likeness (QED) is 0.720. The van der Waals surface area contributed by atoms with Crippen LogP contribution in [0.5, 0.6) is 0 Å². The van der Waals surface area contributed by atoms with Gasteiger partial charge in [-0.1, -0.05) is 11.6 Å². The van der Waals surface area contributed by atoms with Crippen molar-refractivity contribution in [3.05, 3.63) is 47.0 Å². The van der Waals surface area contributed by atoms with E-state index in [9.17, 15) is 4.79 Å². The molecule has 0 atom stereocenters. The molecule has 1 heterocycles. The van der Waals surface area contributed by atoms with Gasteiger partial charge in [-0.05, 0) is 32.9 Å². The molecule has 0 unspecified atom stereocenters. The van der Waals surface area contributed by atoms with Crippen molar-refractivity contribution in [2.45, 2.75) is 20.8 Å². The number of rotatable bonds is 2. The summed E-state index contributed by atoms with van der Waals surface area (Å²) < 4.78 is 1.94. The Labute approximate surface area is 94.7 Å². The zero-order chi connectivity index (χ0) is 11.7. The Kier molecular flexibility index (Phi) is 2.60. The molecule has 82 valence electrons. The molecule has 2 rings (SSSR count).